The van der Waals surface area contributed by atoms with Gasteiger partial charge in [-0.05, 0) is 59.9 Å². The van der Waals surface area contributed by atoms with Gasteiger partial charge in [0.1, 0.15) is 5.82 Å². The fraction of sp³-hybridized carbons (Fsp3) is 0.538. The van der Waals surface area contributed by atoms with Crippen LogP contribution in [0, 0.1) is 5.82 Å². The highest BCUT2D eigenvalue weighted by atomic mass is 79.9. The number of rotatable bonds is 3. The Bertz CT molecular complexity index is 397. The molecule has 1 saturated heterocycles. The van der Waals surface area contributed by atoms with Crippen molar-refractivity contribution in [2.75, 3.05) is 13.1 Å². The van der Waals surface area contributed by atoms with Crippen LogP contribution < -0.4 is 5.73 Å². The number of hydrogen-bond donors (Lipinski definition) is 1. The van der Waals surface area contributed by atoms with Gasteiger partial charge in [0.05, 0.1) is 4.47 Å². The van der Waals surface area contributed by atoms with Gasteiger partial charge in [-0.2, -0.15) is 0 Å². The van der Waals surface area contributed by atoms with Crippen molar-refractivity contribution in [2.24, 2.45) is 5.73 Å². The van der Waals surface area contributed by atoms with E-state index < -0.39 is 0 Å². The van der Waals surface area contributed by atoms with E-state index in [1.165, 1.54) is 18.9 Å². The van der Waals surface area contributed by atoms with Crippen LogP contribution in [-0.2, 0) is 0 Å². The largest absolute Gasteiger partial charge is 0.329 e. The molecule has 1 aromatic carbocycles. The van der Waals surface area contributed by atoms with E-state index in [0.29, 0.717) is 17.1 Å². The van der Waals surface area contributed by atoms with Crippen molar-refractivity contribution in [3.8, 4) is 0 Å². The van der Waals surface area contributed by atoms with E-state index in [4.69, 9.17) is 5.73 Å². The monoisotopic (exact) mass is 300 g/mol. The summed E-state index contributed by atoms with van der Waals surface area (Å²) in [5, 5.41) is 0. The third-order valence-electron chi connectivity index (χ3n) is 3.56. The van der Waals surface area contributed by atoms with E-state index in [2.05, 4.69) is 27.8 Å². The quantitative estimate of drug-likeness (QED) is 0.929. The molecule has 0 spiro atoms. The summed E-state index contributed by atoms with van der Waals surface area (Å²) >= 11 is 3.23. The maximum Gasteiger partial charge on any atom is 0.137 e. The molecule has 2 N–H and O–H groups in total. The third kappa shape index (κ3) is 2.69. The smallest absolute Gasteiger partial charge is 0.137 e. The highest BCUT2D eigenvalue weighted by Crippen LogP contribution is 2.30. The van der Waals surface area contributed by atoms with E-state index in [1.807, 2.05) is 12.1 Å². The third-order valence-corrected chi connectivity index (χ3v) is 4.16. The molecule has 0 aromatic heterocycles. The minimum atomic E-state index is -0.223. The molecule has 2 atom stereocenters. The molecule has 4 heteroatoms. The summed E-state index contributed by atoms with van der Waals surface area (Å²) in [7, 11) is 0. The van der Waals surface area contributed by atoms with Gasteiger partial charge in [-0.25, -0.2) is 4.39 Å². The second kappa shape index (κ2) is 5.46. The van der Waals surface area contributed by atoms with Gasteiger partial charge in [0.25, 0.3) is 0 Å². The zero-order chi connectivity index (χ0) is 12.4. The molecule has 17 heavy (non-hydrogen) atoms. The Hall–Kier alpha value is -0.450. The summed E-state index contributed by atoms with van der Waals surface area (Å²) < 4.78 is 13.7. The lowest BCUT2D eigenvalue weighted by Crippen LogP contribution is -2.36. The van der Waals surface area contributed by atoms with Crippen LogP contribution in [0.4, 0.5) is 4.39 Å². The van der Waals surface area contributed by atoms with Crippen LogP contribution in [0.15, 0.2) is 22.7 Å². The van der Waals surface area contributed by atoms with Gasteiger partial charge in [-0.3, -0.25) is 4.90 Å². The molecule has 2 rings (SSSR count). The van der Waals surface area contributed by atoms with E-state index in [1.54, 1.807) is 0 Å². The van der Waals surface area contributed by atoms with Crippen molar-refractivity contribution in [1.29, 1.82) is 0 Å². The number of hydrogen-bond acceptors (Lipinski definition) is 2. The van der Waals surface area contributed by atoms with Crippen LogP contribution in [0.2, 0.25) is 0 Å². The summed E-state index contributed by atoms with van der Waals surface area (Å²) in [5.41, 5.74) is 6.98. The first-order valence-corrected chi connectivity index (χ1v) is 6.83. The lowest BCUT2D eigenvalue weighted by Gasteiger charge is -2.31. The molecule has 0 radical (unpaired) electrons. The second-order valence-electron chi connectivity index (χ2n) is 4.65. The number of likely N-dealkylation sites (tertiary alicyclic amines) is 1. The Balaban J connectivity index is 2.25. The van der Waals surface area contributed by atoms with E-state index in [-0.39, 0.29) is 11.9 Å². The summed E-state index contributed by atoms with van der Waals surface area (Å²) in [5.74, 6) is -0.223. The predicted molar refractivity (Wildman–Crippen MR) is 71.3 cm³/mol. The predicted octanol–water partition coefficient (Wildman–Crippen LogP) is 3.07. The highest BCUT2D eigenvalue weighted by Gasteiger charge is 2.28. The lowest BCUT2D eigenvalue weighted by molar-refractivity contribution is 0.195. The molecule has 1 heterocycles. The lowest BCUT2D eigenvalue weighted by atomic mass is 10.0. The topological polar surface area (TPSA) is 29.3 Å². The van der Waals surface area contributed by atoms with E-state index in [0.717, 1.165) is 12.1 Å². The van der Waals surface area contributed by atoms with Crippen LogP contribution in [-0.4, -0.2) is 24.0 Å². The highest BCUT2D eigenvalue weighted by molar-refractivity contribution is 9.10. The van der Waals surface area contributed by atoms with Crippen molar-refractivity contribution >= 4 is 15.9 Å². The molecule has 1 aliphatic heterocycles. The van der Waals surface area contributed by atoms with Crippen molar-refractivity contribution in [3.05, 3.63) is 34.1 Å². The van der Waals surface area contributed by atoms with Crippen molar-refractivity contribution < 1.29 is 4.39 Å². The zero-order valence-corrected chi connectivity index (χ0v) is 11.6. The molecule has 94 valence electrons. The van der Waals surface area contributed by atoms with Crippen LogP contribution in [0.5, 0.6) is 0 Å². The van der Waals surface area contributed by atoms with Gasteiger partial charge in [-0.1, -0.05) is 6.07 Å². The summed E-state index contributed by atoms with van der Waals surface area (Å²) in [6.45, 7) is 3.88. The number of halogens is 2. The van der Waals surface area contributed by atoms with Gasteiger partial charge in [-0.15, -0.1) is 0 Å². The Morgan fingerprint density at radius 2 is 2.35 bits per heavy atom. The van der Waals surface area contributed by atoms with Gasteiger partial charge in [0.15, 0.2) is 0 Å². The van der Waals surface area contributed by atoms with Crippen LogP contribution >= 0.6 is 15.9 Å². The molecule has 1 aromatic rings. The molecular weight excluding hydrogens is 283 g/mol. The van der Waals surface area contributed by atoms with Gasteiger partial charge in [0.2, 0.25) is 0 Å². The zero-order valence-electron chi connectivity index (χ0n) is 10.00. The Morgan fingerprint density at radius 3 is 2.88 bits per heavy atom. The van der Waals surface area contributed by atoms with Gasteiger partial charge in [0, 0.05) is 18.6 Å². The normalized spacial score (nSPS) is 22.9. The standard InChI is InChI=1S/C13H18BrFN2/c1-9-3-2-6-17(9)13(8-16)10-4-5-12(15)11(14)7-10/h4-5,7,9,13H,2-3,6,8,16H2,1H3. The van der Waals surface area contributed by atoms with Crippen LogP contribution in [0.25, 0.3) is 0 Å². The van der Waals surface area contributed by atoms with Crippen molar-refractivity contribution in [2.45, 2.75) is 31.8 Å². The molecule has 1 aliphatic rings. The van der Waals surface area contributed by atoms with Gasteiger partial charge >= 0.3 is 0 Å². The number of benzene rings is 1. The minimum Gasteiger partial charge on any atom is -0.329 e. The van der Waals surface area contributed by atoms with E-state index in [9.17, 15) is 4.39 Å². The molecular formula is C13H18BrFN2. The molecule has 0 aliphatic carbocycles. The van der Waals surface area contributed by atoms with Crippen LogP contribution in [0.3, 0.4) is 0 Å². The van der Waals surface area contributed by atoms with E-state index >= 15 is 0 Å². The number of nitrogens with zero attached hydrogens (tertiary/aromatic N) is 1. The molecule has 0 bridgehead atoms. The number of nitrogens with two attached hydrogens (primary N) is 1. The summed E-state index contributed by atoms with van der Waals surface area (Å²) in [6.07, 6.45) is 2.44. The minimum absolute atomic E-state index is 0.199. The molecule has 1 fully saturated rings. The van der Waals surface area contributed by atoms with Crippen molar-refractivity contribution in [3.63, 3.8) is 0 Å². The SMILES string of the molecule is CC1CCCN1C(CN)c1ccc(F)c(Br)c1. The summed E-state index contributed by atoms with van der Waals surface area (Å²) in [4.78, 5) is 2.42. The first-order valence-electron chi connectivity index (χ1n) is 6.04. The first kappa shape index (κ1) is 13.0. The fourth-order valence-electron chi connectivity index (χ4n) is 2.60. The van der Waals surface area contributed by atoms with Crippen LogP contribution in [0.1, 0.15) is 31.4 Å². The Kier molecular flexibility index (Phi) is 4.17. The fourth-order valence-corrected chi connectivity index (χ4v) is 3.00. The Morgan fingerprint density at radius 1 is 1.59 bits per heavy atom. The molecule has 2 nitrogen and oxygen atoms in total. The van der Waals surface area contributed by atoms with Crippen molar-refractivity contribution in [1.82, 2.24) is 4.90 Å². The average molecular weight is 301 g/mol. The maximum atomic E-state index is 13.2. The average Bonchev–Trinajstić information content (AvgIpc) is 2.71. The second-order valence-corrected chi connectivity index (χ2v) is 5.51. The molecule has 0 amide bonds. The first-order chi connectivity index (χ1) is 8.13. The molecule has 0 saturated carbocycles. The Labute approximate surface area is 110 Å². The maximum absolute atomic E-state index is 13.2. The summed E-state index contributed by atoms with van der Waals surface area (Å²) in [6, 6.07) is 5.94. The van der Waals surface area contributed by atoms with Gasteiger partial charge < -0.3 is 5.73 Å². The molecule has 2 unspecified atom stereocenters.